The largest absolute Gasteiger partial charge is 0.480 e. The van der Waals surface area contributed by atoms with Crippen LogP contribution in [0.1, 0.15) is 24.3 Å². The van der Waals surface area contributed by atoms with Gasteiger partial charge >= 0.3 is 18.1 Å². The van der Waals surface area contributed by atoms with Crippen molar-refractivity contribution in [2.24, 2.45) is 0 Å². The average Bonchev–Trinajstić information content (AvgIpc) is 2.45. The molecule has 1 heterocycles. The number of carbonyl (C=O) groups excluding carboxylic acids is 1. The molecule has 1 aliphatic rings. The lowest BCUT2D eigenvalue weighted by molar-refractivity contribution is -0.191. The third-order valence-electron chi connectivity index (χ3n) is 3.64. The fourth-order valence-electron chi connectivity index (χ4n) is 2.61. The molecular formula is C14H14F3NO3. The smallest absolute Gasteiger partial charge is 0.471 e. The third-order valence-corrected chi connectivity index (χ3v) is 3.64. The number of aliphatic carboxylic acids is 1. The lowest BCUT2D eigenvalue weighted by Gasteiger charge is -2.37. The fraction of sp³-hybridized carbons (Fsp3) is 0.429. The molecule has 1 aromatic carbocycles. The monoisotopic (exact) mass is 301 g/mol. The van der Waals surface area contributed by atoms with Gasteiger partial charge in [-0.15, -0.1) is 0 Å². The summed E-state index contributed by atoms with van der Waals surface area (Å²) in [5.41, 5.74) is 0.807. The minimum atomic E-state index is -5.06. The van der Waals surface area contributed by atoms with Gasteiger partial charge in [-0.1, -0.05) is 30.3 Å². The molecule has 1 fully saturated rings. The molecule has 2 unspecified atom stereocenters. The Balaban J connectivity index is 2.24. The van der Waals surface area contributed by atoms with Gasteiger partial charge in [-0.3, -0.25) is 4.79 Å². The van der Waals surface area contributed by atoms with E-state index in [4.69, 9.17) is 5.11 Å². The van der Waals surface area contributed by atoms with Crippen LogP contribution in [-0.2, 0) is 9.59 Å². The number of carboxylic acid groups (broad SMARTS) is 1. The first-order chi connectivity index (χ1) is 9.80. The van der Waals surface area contributed by atoms with Gasteiger partial charge in [0.05, 0.1) is 0 Å². The van der Waals surface area contributed by atoms with Crippen LogP contribution in [0.25, 0.3) is 0 Å². The van der Waals surface area contributed by atoms with Gasteiger partial charge < -0.3 is 10.0 Å². The number of carboxylic acids is 1. The Kier molecular flexibility index (Phi) is 4.20. The second-order valence-corrected chi connectivity index (χ2v) is 4.99. The van der Waals surface area contributed by atoms with E-state index in [9.17, 15) is 22.8 Å². The van der Waals surface area contributed by atoms with Crippen LogP contribution in [0, 0.1) is 0 Å². The first kappa shape index (κ1) is 15.3. The molecular weight excluding hydrogens is 287 g/mol. The van der Waals surface area contributed by atoms with Crippen molar-refractivity contribution in [2.75, 3.05) is 6.54 Å². The maximum Gasteiger partial charge on any atom is 0.471 e. The van der Waals surface area contributed by atoms with E-state index in [0.717, 1.165) is 5.56 Å². The number of rotatable bonds is 2. The molecule has 2 rings (SSSR count). The maximum atomic E-state index is 12.6. The second kappa shape index (κ2) is 5.75. The molecule has 1 saturated heterocycles. The van der Waals surface area contributed by atoms with Crippen LogP contribution in [-0.4, -0.2) is 40.6 Å². The summed E-state index contributed by atoms with van der Waals surface area (Å²) >= 11 is 0. The van der Waals surface area contributed by atoms with Crippen LogP contribution in [0.3, 0.4) is 0 Å². The summed E-state index contributed by atoms with van der Waals surface area (Å²) in [6, 6.07) is 7.41. The average molecular weight is 301 g/mol. The Morgan fingerprint density at radius 2 is 1.76 bits per heavy atom. The molecule has 0 aromatic heterocycles. The molecule has 21 heavy (non-hydrogen) atoms. The highest BCUT2D eigenvalue weighted by molar-refractivity contribution is 5.87. The zero-order valence-corrected chi connectivity index (χ0v) is 11.0. The van der Waals surface area contributed by atoms with E-state index in [1.165, 1.54) is 0 Å². The van der Waals surface area contributed by atoms with Crippen molar-refractivity contribution >= 4 is 11.9 Å². The number of likely N-dealkylation sites (tertiary alicyclic amines) is 1. The fourth-order valence-corrected chi connectivity index (χ4v) is 2.61. The number of piperidine rings is 1. The number of alkyl halides is 3. The summed E-state index contributed by atoms with van der Waals surface area (Å²) in [6.07, 6.45) is -4.62. The number of halogens is 3. The number of carbonyl (C=O) groups is 2. The van der Waals surface area contributed by atoms with Gasteiger partial charge in [-0.05, 0) is 18.4 Å². The number of amides is 1. The van der Waals surface area contributed by atoms with E-state index in [-0.39, 0.29) is 18.9 Å². The molecule has 7 heteroatoms. The van der Waals surface area contributed by atoms with Gasteiger partial charge in [-0.25, -0.2) is 4.79 Å². The van der Waals surface area contributed by atoms with E-state index in [0.29, 0.717) is 11.3 Å². The molecule has 114 valence electrons. The summed E-state index contributed by atoms with van der Waals surface area (Å²) in [7, 11) is 0. The summed E-state index contributed by atoms with van der Waals surface area (Å²) in [5, 5.41) is 9.02. The first-order valence-electron chi connectivity index (χ1n) is 6.46. The van der Waals surface area contributed by atoms with Crippen LogP contribution >= 0.6 is 0 Å². The Morgan fingerprint density at radius 1 is 1.14 bits per heavy atom. The highest BCUT2D eigenvalue weighted by Crippen LogP contribution is 2.32. The number of nitrogens with zero attached hydrogens (tertiary/aromatic N) is 1. The third kappa shape index (κ3) is 3.34. The SMILES string of the molecule is O=C(O)C1CCC(c2ccccc2)CN1C(=O)C(F)(F)F. The molecule has 1 aromatic rings. The lowest BCUT2D eigenvalue weighted by atomic mass is 9.87. The molecule has 0 aliphatic carbocycles. The molecule has 1 aliphatic heterocycles. The molecule has 0 spiro atoms. The highest BCUT2D eigenvalue weighted by Gasteiger charge is 2.48. The standard InChI is InChI=1S/C14H14F3NO3/c15-14(16,17)13(21)18-8-10(6-7-11(18)12(19)20)9-4-2-1-3-5-9/h1-5,10-11H,6-8H2,(H,19,20). The minimum absolute atomic E-state index is 0.0106. The zero-order chi connectivity index (χ0) is 15.6. The van der Waals surface area contributed by atoms with Crippen LogP contribution in [0.4, 0.5) is 13.2 Å². The predicted octanol–water partition coefficient (Wildman–Crippen LogP) is 2.41. The van der Waals surface area contributed by atoms with Crippen molar-refractivity contribution < 1.29 is 27.9 Å². The van der Waals surface area contributed by atoms with Gasteiger partial charge in [0.2, 0.25) is 0 Å². The minimum Gasteiger partial charge on any atom is -0.480 e. The van der Waals surface area contributed by atoms with Crippen molar-refractivity contribution in [3.63, 3.8) is 0 Å². The number of hydrogen-bond donors (Lipinski definition) is 1. The summed E-state index contributed by atoms with van der Waals surface area (Å²) < 4.78 is 37.8. The second-order valence-electron chi connectivity index (χ2n) is 4.99. The van der Waals surface area contributed by atoms with E-state index in [2.05, 4.69) is 0 Å². The van der Waals surface area contributed by atoms with Crippen molar-refractivity contribution in [1.29, 1.82) is 0 Å². The quantitative estimate of drug-likeness (QED) is 0.912. The molecule has 0 radical (unpaired) electrons. The van der Waals surface area contributed by atoms with Crippen molar-refractivity contribution in [3.05, 3.63) is 35.9 Å². The van der Waals surface area contributed by atoms with E-state index in [1.807, 2.05) is 0 Å². The Bertz CT molecular complexity index is 530. The molecule has 1 amide bonds. The zero-order valence-electron chi connectivity index (χ0n) is 11.0. The normalized spacial score (nSPS) is 22.9. The summed E-state index contributed by atoms with van der Waals surface area (Å²) in [5.74, 6) is -3.78. The maximum absolute atomic E-state index is 12.6. The van der Waals surface area contributed by atoms with Crippen LogP contribution in [0.2, 0.25) is 0 Å². The van der Waals surface area contributed by atoms with E-state index in [1.54, 1.807) is 30.3 Å². The van der Waals surface area contributed by atoms with Gasteiger partial charge in [0.15, 0.2) is 0 Å². The number of benzene rings is 1. The Hall–Kier alpha value is -2.05. The Morgan fingerprint density at radius 3 is 2.29 bits per heavy atom. The van der Waals surface area contributed by atoms with Crippen molar-refractivity contribution in [1.82, 2.24) is 4.90 Å². The molecule has 4 nitrogen and oxygen atoms in total. The van der Waals surface area contributed by atoms with Gasteiger partial charge in [-0.2, -0.15) is 13.2 Å². The van der Waals surface area contributed by atoms with Crippen molar-refractivity contribution in [3.8, 4) is 0 Å². The molecule has 1 N–H and O–H groups in total. The lowest BCUT2D eigenvalue weighted by Crippen LogP contribution is -2.54. The van der Waals surface area contributed by atoms with Crippen LogP contribution in [0.5, 0.6) is 0 Å². The van der Waals surface area contributed by atoms with Gasteiger partial charge in [0.1, 0.15) is 6.04 Å². The topological polar surface area (TPSA) is 57.6 Å². The summed E-state index contributed by atoms with van der Waals surface area (Å²) in [4.78, 5) is 23.0. The predicted molar refractivity (Wildman–Crippen MR) is 67.6 cm³/mol. The molecule has 0 saturated carbocycles. The van der Waals surface area contributed by atoms with Gasteiger partial charge in [0, 0.05) is 12.5 Å². The Labute approximate surface area is 119 Å². The summed E-state index contributed by atoms with van der Waals surface area (Å²) in [6.45, 7) is -0.237. The molecule has 2 atom stereocenters. The molecule has 0 bridgehead atoms. The van der Waals surface area contributed by atoms with Crippen LogP contribution < -0.4 is 0 Å². The highest BCUT2D eigenvalue weighted by atomic mass is 19.4. The number of hydrogen-bond acceptors (Lipinski definition) is 2. The first-order valence-corrected chi connectivity index (χ1v) is 6.46. The van der Waals surface area contributed by atoms with E-state index >= 15 is 0 Å². The van der Waals surface area contributed by atoms with Crippen molar-refractivity contribution in [2.45, 2.75) is 31.0 Å². The van der Waals surface area contributed by atoms with E-state index < -0.39 is 24.1 Å². The van der Waals surface area contributed by atoms with Crippen LogP contribution in [0.15, 0.2) is 30.3 Å². The van der Waals surface area contributed by atoms with Gasteiger partial charge in [0.25, 0.3) is 0 Å².